The number of benzene rings is 2. The number of halogens is 1. The largest absolute Gasteiger partial charge is 0.383 e. The van der Waals surface area contributed by atoms with Gasteiger partial charge in [0.05, 0.1) is 11.3 Å². The summed E-state index contributed by atoms with van der Waals surface area (Å²) in [6, 6.07) is 13.9. The van der Waals surface area contributed by atoms with Crippen molar-refractivity contribution in [3.05, 3.63) is 59.4 Å². The van der Waals surface area contributed by atoms with Gasteiger partial charge in [-0.2, -0.15) is 5.26 Å². The van der Waals surface area contributed by atoms with Crippen LogP contribution < -0.4 is 10.2 Å². The fraction of sp³-hybridized carbons (Fsp3) is 0.333. The molecule has 0 unspecified atom stereocenters. The number of rotatable bonds is 6. The van der Waals surface area contributed by atoms with Crippen molar-refractivity contribution in [2.24, 2.45) is 0 Å². The summed E-state index contributed by atoms with van der Waals surface area (Å²) in [6.45, 7) is 6.73. The highest BCUT2D eigenvalue weighted by Crippen LogP contribution is 2.18. The Bertz CT molecular complexity index is 836. The third-order valence-corrected chi connectivity index (χ3v) is 4.85. The molecule has 1 fully saturated rings. The maximum Gasteiger partial charge on any atom is 0.159 e. The van der Waals surface area contributed by atoms with Gasteiger partial charge < -0.3 is 10.2 Å². The second-order valence-electron chi connectivity index (χ2n) is 6.66. The molecule has 3 rings (SSSR count). The molecular weight excluding hydrogens is 343 g/mol. The van der Waals surface area contributed by atoms with E-state index in [0.29, 0.717) is 23.4 Å². The van der Waals surface area contributed by atoms with E-state index in [1.165, 1.54) is 19.1 Å². The van der Waals surface area contributed by atoms with Crippen molar-refractivity contribution in [2.45, 2.75) is 6.92 Å². The fourth-order valence-electron chi connectivity index (χ4n) is 3.24. The number of carbonyl (C=O) groups is 1. The minimum atomic E-state index is -0.214. The Kier molecular flexibility index (Phi) is 6.05. The highest BCUT2D eigenvalue weighted by molar-refractivity contribution is 5.95. The van der Waals surface area contributed by atoms with Crippen molar-refractivity contribution >= 4 is 17.2 Å². The maximum atomic E-state index is 13.0. The normalized spacial score (nSPS) is 14.6. The van der Waals surface area contributed by atoms with Crippen molar-refractivity contribution in [3.63, 3.8) is 0 Å². The number of ketones is 1. The molecule has 0 radical (unpaired) electrons. The van der Waals surface area contributed by atoms with Crippen LogP contribution in [0.4, 0.5) is 15.8 Å². The van der Waals surface area contributed by atoms with Crippen LogP contribution in [0.3, 0.4) is 0 Å². The van der Waals surface area contributed by atoms with Gasteiger partial charge in [-0.15, -0.1) is 0 Å². The van der Waals surface area contributed by atoms with Crippen molar-refractivity contribution < 1.29 is 9.18 Å². The quantitative estimate of drug-likeness (QED) is 0.796. The Morgan fingerprint density at radius 2 is 1.85 bits per heavy atom. The first-order chi connectivity index (χ1) is 13.1. The van der Waals surface area contributed by atoms with Crippen LogP contribution in [-0.2, 0) is 0 Å². The van der Waals surface area contributed by atoms with Gasteiger partial charge in [0.25, 0.3) is 0 Å². The number of nitrogens with one attached hydrogen (secondary N) is 1. The first-order valence-electron chi connectivity index (χ1n) is 9.08. The third kappa shape index (κ3) is 4.83. The molecule has 2 aromatic rings. The van der Waals surface area contributed by atoms with E-state index in [1.54, 1.807) is 18.2 Å². The molecule has 27 heavy (non-hydrogen) atoms. The van der Waals surface area contributed by atoms with Gasteiger partial charge >= 0.3 is 0 Å². The second-order valence-corrected chi connectivity index (χ2v) is 6.66. The van der Waals surface area contributed by atoms with E-state index < -0.39 is 0 Å². The molecular formula is C21H23FN4O. The third-order valence-electron chi connectivity index (χ3n) is 4.85. The average molecular weight is 366 g/mol. The van der Waals surface area contributed by atoms with E-state index in [-0.39, 0.29) is 11.6 Å². The van der Waals surface area contributed by atoms with Gasteiger partial charge in [0.2, 0.25) is 0 Å². The molecule has 0 saturated carbocycles. The Morgan fingerprint density at radius 1 is 1.15 bits per heavy atom. The predicted octanol–water partition coefficient (Wildman–Crippen LogP) is 3.13. The lowest BCUT2D eigenvalue weighted by molar-refractivity contribution is 0.101. The lowest BCUT2D eigenvalue weighted by Gasteiger charge is -2.36. The smallest absolute Gasteiger partial charge is 0.159 e. The lowest BCUT2D eigenvalue weighted by Crippen LogP contribution is -2.47. The van der Waals surface area contributed by atoms with Gasteiger partial charge in [-0.1, -0.05) is 0 Å². The summed E-state index contributed by atoms with van der Waals surface area (Å²) < 4.78 is 13.0. The van der Waals surface area contributed by atoms with Gasteiger partial charge in [-0.3, -0.25) is 9.69 Å². The molecule has 0 amide bonds. The van der Waals surface area contributed by atoms with Crippen LogP contribution in [0.25, 0.3) is 0 Å². The summed E-state index contributed by atoms with van der Waals surface area (Å²) in [7, 11) is 0. The van der Waals surface area contributed by atoms with Crippen LogP contribution in [-0.4, -0.2) is 50.0 Å². The van der Waals surface area contributed by atoms with Gasteiger partial charge in [0.1, 0.15) is 11.9 Å². The van der Waals surface area contributed by atoms with Crippen LogP contribution in [0, 0.1) is 17.1 Å². The number of piperazine rings is 1. The summed E-state index contributed by atoms with van der Waals surface area (Å²) in [5.74, 6) is -0.228. The number of carbonyl (C=O) groups excluding carboxylic acids is 1. The van der Waals surface area contributed by atoms with Crippen LogP contribution in [0.15, 0.2) is 42.5 Å². The number of nitriles is 1. The number of hydrogen-bond donors (Lipinski definition) is 1. The predicted molar refractivity (Wildman–Crippen MR) is 105 cm³/mol. The molecule has 1 N–H and O–H groups in total. The van der Waals surface area contributed by atoms with Gasteiger partial charge in [-0.05, 0) is 49.4 Å². The molecule has 5 nitrogen and oxygen atoms in total. The zero-order chi connectivity index (χ0) is 19.2. The van der Waals surface area contributed by atoms with Gasteiger partial charge in [-0.25, -0.2) is 4.39 Å². The van der Waals surface area contributed by atoms with Crippen molar-refractivity contribution in [3.8, 4) is 6.07 Å². The molecule has 1 aliphatic heterocycles. The number of Topliss-reactive ketones (excluding diaryl/α,β-unsaturated/α-hetero) is 1. The summed E-state index contributed by atoms with van der Waals surface area (Å²) in [5, 5.41) is 12.5. The summed E-state index contributed by atoms with van der Waals surface area (Å²) in [4.78, 5) is 16.2. The van der Waals surface area contributed by atoms with E-state index in [1.807, 2.05) is 12.1 Å². The van der Waals surface area contributed by atoms with Gasteiger partial charge in [0, 0.05) is 50.5 Å². The van der Waals surface area contributed by atoms with E-state index in [2.05, 4.69) is 21.2 Å². The Morgan fingerprint density at radius 3 is 2.48 bits per heavy atom. The molecule has 0 aromatic heterocycles. The molecule has 0 spiro atoms. The monoisotopic (exact) mass is 366 g/mol. The first kappa shape index (κ1) is 18.9. The molecule has 6 heteroatoms. The topological polar surface area (TPSA) is 59.4 Å². The number of anilines is 2. The Hall–Kier alpha value is -2.91. The van der Waals surface area contributed by atoms with E-state index in [4.69, 9.17) is 0 Å². The minimum Gasteiger partial charge on any atom is -0.383 e. The molecule has 2 aromatic carbocycles. The minimum absolute atomic E-state index is 0.0144. The second kappa shape index (κ2) is 8.65. The van der Waals surface area contributed by atoms with Gasteiger partial charge in [0.15, 0.2) is 5.78 Å². The standard InChI is InChI=1S/C21H23FN4O/c1-16(27)17-2-3-18(15-23)21(14-17)24-8-9-25-10-12-26(13-11-25)20-6-4-19(22)5-7-20/h2-7,14,24H,8-13H2,1H3. The highest BCUT2D eigenvalue weighted by Gasteiger charge is 2.17. The van der Waals surface area contributed by atoms with Crippen molar-refractivity contribution in [1.82, 2.24) is 4.90 Å². The molecule has 1 saturated heterocycles. The summed E-state index contributed by atoms with van der Waals surface area (Å²) in [6.07, 6.45) is 0. The molecule has 1 heterocycles. The van der Waals surface area contributed by atoms with Crippen LogP contribution in [0.2, 0.25) is 0 Å². The molecule has 0 aliphatic carbocycles. The van der Waals surface area contributed by atoms with E-state index in [0.717, 1.165) is 38.4 Å². The molecule has 0 bridgehead atoms. The Labute approximate surface area is 159 Å². The lowest BCUT2D eigenvalue weighted by atomic mass is 10.1. The summed E-state index contributed by atoms with van der Waals surface area (Å²) >= 11 is 0. The highest BCUT2D eigenvalue weighted by atomic mass is 19.1. The average Bonchev–Trinajstić information content (AvgIpc) is 2.69. The van der Waals surface area contributed by atoms with Crippen molar-refractivity contribution in [2.75, 3.05) is 49.5 Å². The molecule has 140 valence electrons. The maximum absolute atomic E-state index is 13.0. The first-order valence-corrected chi connectivity index (χ1v) is 9.08. The zero-order valence-electron chi connectivity index (χ0n) is 15.4. The van der Waals surface area contributed by atoms with E-state index in [9.17, 15) is 14.4 Å². The SMILES string of the molecule is CC(=O)c1ccc(C#N)c(NCCN2CCN(c3ccc(F)cc3)CC2)c1. The van der Waals surface area contributed by atoms with Crippen molar-refractivity contribution in [1.29, 1.82) is 5.26 Å². The zero-order valence-corrected chi connectivity index (χ0v) is 15.4. The number of nitrogens with zero attached hydrogens (tertiary/aromatic N) is 3. The van der Waals surface area contributed by atoms with E-state index >= 15 is 0 Å². The van der Waals surface area contributed by atoms with Crippen LogP contribution >= 0.6 is 0 Å². The summed E-state index contributed by atoms with van der Waals surface area (Å²) in [5.41, 5.74) is 2.90. The molecule has 1 aliphatic rings. The molecule has 0 atom stereocenters. The van der Waals surface area contributed by atoms with Crippen LogP contribution in [0.1, 0.15) is 22.8 Å². The fourth-order valence-corrected chi connectivity index (χ4v) is 3.24. The van der Waals surface area contributed by atoms with Crippen LogP contribution in [0.5, 0.6) is 0 Å². The number of hydrogen-bond acceptors (Lipinski definition) is 5. The Balaban J connectivity index is 1.49.